The first-order chi connectivity index (χ1) is 13.6. The van der Waals surface area contributed by atoms with Gasteiger partial charge in [-0.1, -0.05) is 60.1 Å². The van der Waals surface area contributed by atoms with Crippen molar-refractivity contribution in [1.82, 2.24) is 9.80 Å². The summed E-state index contributed by atoms with van der Waals surface area (Å²) < 4.78 is 5.02. The van der Waals surface area contributed by atoms with Crippen LogP contribution in [0.15, 0.2) is 54.6 Å². The Balaban J connectivity index is 1.60. The van der Waals surface area contributed by atoms with Gasteiger partial charge in [-0.05, 0) is 23.6 Å². The molecule has 1 amide bonds. The second-order valence-corrected chi connectivity index (χ2v) is 7.26. The molecule has 0 spiro atoms. The number of nitrogens with zero attached hydrogens (tertiary/aromatic N) is 2. The van der Waals surface area contributed by atoms with Crippen LogP contribution in [0, 0.1) is 0 Å². The SMILES string of the molecule is COC(=O)[C@H](c1ccccc1Cl)N1CCN(C(=O)CCc2ccccc2)CC1. The number of aryl methyl sites for hydroxylation is 1. The summed E-state index contributed by atoms with van der Waals surface area (Å²) in [6.45, 7) is 2.38. The summed E-state index contributed by atoms with van der Waals surface area (Å²) in [5.41, 5.74) is 1.90. The maximum Gasteiger partial charge on any atom is 0.327 e. The second kappa shape index (κ2) is 9.71. The van der Waals surface area contributed by atoms with E-state index in [4.69, 9.17) is 16.3 Å². The molecule has 2 aromatic rings. The average molecular weight is 401 g/mol. The highest BCUT2D eigenvalue weighted by atomic mass is 35.5. The summed E-state index contributed by atoms with van der Waals surface area (Å²) in [5, 5.41) is 0.541. The molecule has 1 heterocycles. The van der Waals surface area contributed by atoms with Crippen molar-refractivity contribution in [2.75, 3.05) is 33.3 Å². The third kappa shape index (κ3) is 4.91. The van der Waals surface area contributed by atoms with Crippen molar-refractivity contribution in [3.63, 3.8) is 0 Å². The molecule has 1 fully saturated rings. The number of rotatable bonds is 6. The minimum atomic E-state index is -0.555. The third-order valence-electron chi connectivity index (χ3n) is 5.13. The maximum atomic E-state index is 12.6. The molecule has 0 N–H and O–H groups in total. The number of hydrogen-bond donors (Lipinski definition) is 0. The highest BCUT2D eigenvalue weighted by molar-refractivity contribution is 6.31. The Bertz CT molecular complexity index is 804. The fourth-order valence-corrected chi connectivity index (χ4v) is 3.80. The largest absolute Gasteiger partial charge is 0.468 e. The Hall–Kier alpha value is -2.37. The van der Waals surface area contributed by atoms with Crippen molar-refractivity contribution in [1.29, 1.82) is 0 Å². The molecule has 2 aromatic carbocycles. The minimum absolute atomic E-state index is 0.149. The van der Waals surface area contributed by atoms with E-state index in [0.29, 0.717) is 37.6 Å². The lowest BCUT2D eigenvalue weighted by molar-refractivity contribution is -0.148. The number of amides is 1. The van der Waals surface area contributed by atoms with E-state index in [1.165, 1.54) is 12.7 Å². The van der Waals surface area contributed by atoms with Crippen molar-refractivity contribution in [3.05, 3.63) is 70.7 Å². The molecule has 0 aliphatic carbocycles. The highest BCUT2D eigenvalue weighted by Gasteiger charge is 2.33. The van der Waals surface area contributed by atoms with E-state index >= 15 is 0 Å². The van der Waals surface area contributed by atoms with Gasteiger partial charge in [-0.3, -0.25) is 9.69 Å². The molecule has 5 nitrogen and oxygen atoms in total. The summed E-state index contributed by atoms with van der Waals surface area (Å²) in [6, 6.07) is 16.8. The fraction of sp³-hybridized carbons (Fsp3) is 0.364. The van der Waals surface area contributed by atoms with Crippen molar-refractivity contribution < 1.29 is 14.3 Å². The van der Waals surface area contributed by atoms with Gasteiger partial charge in [0.25, 0.3) is 0 Å². The zero-order valence-corrected chi connectivity index (χ0v) is 16.8. The van der Waals surface area contributed by atoms with Crippen LogP contribution >= 0.6 is 11.6 Å². The summed E-state index contributed by atoms with van der Waals surface area (Å²) in [7, 11) is 1.38. The van der Waals surface area contributed by atoms with E-state index in [-0.39, 0.29) is 11.9 Å². The van der Waals surface area contributed by atoms with Crippen molar-refractivity contribution in [2.45, 2.75) is 18.9 Å². The molecular weight excluding hydrogens is 376 g/mol. The van der Waals surface area contributed by atoms with Gasteiger partial charge in [-0.15, -0.1) is 0 Å². The summed E-state index contributed by atoms with van der Waals surface area (Å²) in [6.07, 6.45) is 1.24. The van der Waals surface area contributed by atoms with Gasteiger partial charge in [0.15, 0.2) is 0 Å². The molecule has 0 aromatic heterocycles. The predicted molar refractivity (Wildman–Crippen MR) is 109 cm³/mol. The minimum Gasteiger partial charge on any atom is -0.468 e. The predicted octanol–water partition coefficient (Wildman–Crippen LogP) is 3.33. The second-order valence-electron chi connectivity index (χ2n) is 6.85. The molecular formula is C22H25ClN2O3. The summed E-state index contributed by atoms with van der Waals surface area (Å²) in [4.78, 5) is 28.9. The first kappa shape index (κ1) is 20.4. The molecule has 1 atom stereocenters. The van der Waals surface area contributed by atoms with Crippen LogP contribution in [0.3, 0.4) is 0 Å². The molecule has 1 aliphatic heterocycles. The number of carbonyl (C=O) groups is 2. The van der Waals surface area contributed by atoms with Gasteiger partial charge in [0, 0.05) is 37.6 Å². The highest BCUT2D eigenvalue weighted by Crippen LogP contribution is 2.29. The number of benzene rings is 2. The van der Waals surface area contributed by atoms with E-state index in [0.717, 1.165) is 12.0 Å². The lowest BCUT2D eigenvalue weighted by Gasteiger charge is -2.38. The van der Waals surface area contributed by atoms with E-state index in [1.807, 2.05) is 58.3 Å². The molecule has 0 radical (unpaired) electrons. The number of methoxy groups -OCH3 is 1. The zero-order chi connectivity index (χ0) is 19.9. The Labute approximate surface area is 170 Å². The molecule has 6 heteroatoms. The molecule has 0 bridgehead atoms. The lowest BCUT2D eigenvalue weighted by Crippen LogP contribution is -2.51. The average Bonchev–Trinajstić information content (AvgIpc) is 2.74. The van der Waals surface area contributed by atoms with E-state index in [1.54, 1.807) is 6.07 Å². The van der Waals surface area contributed by atoms with Crippen LogP contribution in [0.4, 0.5) is 0 Å². The van der Waals surface area contributed by atoms with Crippen LogP contribution in [-0.4, -0.2) is 55.0 Å². The number of esters is 1. The van der Waals surface area contributed by atoms with Crippen molar-refractivity contribution in [2.24, 2.45) is 0 Å². The number of carbonyl (C=O) groups excluding carboxylic acids is 2. The molecule has 28 heavy (non-hydrogen) atoms. The van der Waals surface area contributed by atoms with Gasteiger partial charge in [0.05, 0.1) is 7.11 Å². The molecule has 1 saturated heterocycles. The van der Waals surface area contributed by atoms with E-state index in [9.17, 15) is 9.59 Å². The van der Waals surface area contributed by atoms with Gasteiger partial charge in [0.1, 0.15) is 6.04 Å². The Morgan fingerprint density at radius 3 is 2.29 bits per heavy atom. The summed E-state index contributed by atoms with van der Waals surface area (Å²) in [5.74, 6) is -0.187. The fourth-order valence-electron chi connectivity index (χ4n) is 3.56. The number of halogens is 1. The standard InChI is InChI=1S/C22H25ClN2O3/c1-28-22(27)21(18-9-5-6-10-19(18)23)25-15-13-24(14-16-25)20(26)12-11-17-7-3-2-4-8-17/h2-10,21H,11-16H2,1H3/t21-/m0/s1. The molecule has 0 unspecified atom stereocenters. The van der Waals surface area contributed by atoms with Crippen LogP contribution in [0.2, 0.25) is 5.02 Å². The Morgan fingerprint density at radius 1 is 1.00 bits per heavy atom. The van der Waals surface area contributed by atoms with Gasteiger partial charge in [-0.2, -0.15) is 0 Å². The quantitative estimate of drug-likeness (QED) is 0.698. The van der Waals surface area contributed by atoms with Gasteiger partial charge < -0.3 is 9.64 Å². The topological polar surface area (TPSA) is 49.9 Å². The smallest absolute Gasteiger partial charge is 0.327 e. The van der Waals surface area contributed by atoms with E-state index in [2.05, 4.69) is 0 Å². The van der Waals surface area contributed by atoms with Gasteiger partial charge in [-0.25, -0.2) is 4.79 Å². The normalized spacial score (nSPS) is 15.9. The van der Waals surface area contributed by atoms with Crippen LogP contribution in [0.1, 0.15) is 23.6 Å². The summed E-state index contributed by atoms with van der Waals surface area (Å²) >= 11 is 6.32. The van der Waals surface area contributed by atoms with Crippen molar-refractivity contribution in [3.8, 4) is 0 Å². The van der Waals surface area contributed by atoms with Gasteiger partial charge in [0.2, 0.25) is 5.91 Å². The molecule has 0 saturated carbocycles. The third-order valence-corrected chi connectivity index (χ3v) is 5.47. The lowest BCUT2D eigenvalue weighted by atomic mass is 10.0. The Kier molecular flexibility index (Phi) is 7.06. The van der Waals surface area contributed by atoms with Crippen LogP contribution in [0.25, 0.3) is 0 Å². The van der Waals surface area contributed by atoms with Crippen LogP contribution in [0.5, 0.6) is 0 Å². The van der Waals surface area contributed by atoms with Crippen molar-refractivity contribution >= 4 is 23.5 Å². The van der Waals surface area contributed by atoms with Crippen LogP contribution < -0.4 is 0 Å². The molecule has 148 valence electrons. The maximum absolute atomic E-state index is 12.6. The first-order valence-corrected chi connectivity index (χ1v) is 9.86. The molecule has 1 aliphatic rings. The monoisotopic (exact) mass is 400 g/mol. The van der Waals surface area contributed by atoms with Crippen LogP contribution in [-0.2, 0) is 20.7 Å². The van der Waals surface area contributed by atoms with Gasteiger partial charge >= 0.3 is 5.97 Å². The number of ether oxygens (including phenoxy) is 1. The zero-order valence-electron chi connectivity index (χ0n) is 16.0. The Morgan fingerprint density at radius 2 is 1.64 bits per heavy atom. The number of hydrogen-bond acceptors (Lipinski definition) is 4. The number of piperazine rings is 1. The first-order valence-electron chi connectivity index (χ1n) is 9.48. The molecule has 3 rings (SSSR count). The van der Waals surface area contributed by atoms with E-state index < -0.39 is 6.04 Å².